The molecule has 0 atom stereocenters. The van der Waals surface area contributed by atoms with Gasteiger partial charge >= 0.3 is 0 Å². The number of carbonyl (C=O) groups is 1. The predicted molar refractivity (Wildman–Crippen MR) is 116 cm³/mol. The maximum absolute atomic E-state index is 12.2. The standard InChI is InChI=1S/C22H18BrN3O2/c23-16-9-10-21(27)15(13-16)14-24-25-22(28)11-12-26-19-7-3-1-5-17(19)18-6-2-4-8-20(18)26/h1-10,13-14,27H,11-12H2,(H,25,28)/b24-14+. The number of para-hydroxylation sites is 2. The minimum absolute atomic E-state index is 0.103. The van der Waals surface area contributed by atoms with Crippen LogP contribution in [0.25, 0.3) is 21.8 Å². The summed E-state index contributed by atoms with van der Waals surface area (Å²) in [4.78, 5) is 12.2. The van der Waals surface area contributed by atoms with Crippen molar-refractivity contribution < 1.29 is 9.90 Å². The third kappa shape index (κ3) is 3.64. The quantitative estimate of drug-likeness (QED) is 0.349. The fraction of sp³-hybridized carbons (Fsp3) is 0.0909. The fourth-order valence-corrected chi connectivity index (χ4v) is 3.69. The number of hydrogen-bond acceptors (Lipinski definition) is 3. The molecule has 0 saturated carbocycles. The topological polar surface area (TPSA) is 66.6 Å². The number of amides is 1. The van der Waals surface area contributed by atoms with Crippen molar-refractivity contribution in [2.45, 2.75) is 13.0 Å². The van der Waals surface area contributed by atoms with Gasteiger partial charge in [0.05, 0.1) is 6.21 Å². The van der Waals surface area contributed by atoms with Gasteiger partial charge in [0, 0.05) is 44.8 Å². The summed E-state index contributed by atoms with van der Waals surface area (Å²) in [6.45, 7) is 0.553. The molecular formula is C22H18BrN3O2. The van der Waals surface area contributed by atoms with Gasteiger partial charge in [-0.2, -0.15) is 5.10 Å². The van der Waals surface area contributed by atoms with E-state index in [1.165, 1.54) is 17.0 Å². The molecule has 140 valence electrons. The van der Waals surface area contributed by atoms with Crippen molar-refractivity contribution in [3.63, 3.8) is 0 Å². The highest BCUT2D eigenvalue weighted by Gasteiger charge is 2.10. The van der Waals surface area contributed by atoms with Crippen molar-refractivity contribution in [3.05, 3.63) is 76.8 Å². The number of aryl methyl sites for hydroxylation is 1. The molecule has 2 N–H and O–H groups in total. The summed E-state index contributed by atoms with van der Waals surface area (Å²) in [5.74, 6) is -0.0842. The molecule has 0 spiro atoms. The van der Waals surface area contributed by atoms with E-state index in [0.717, 1.165) is 15.5 Å². The van der Waals surface area contributed by atoms with Crippen molar-refractivity contribution in [1.82, 2.24) is 9.99 Å². The Bertz CT molecular complexity index is 1140. The zero-order valence-corrected chi connectivity index (χ0v) is 16.6. The minimum atomic E-state index is -0.187. The largest absolute Gasteiger partial charge is 0.507 e. The molecule has 5 nitrogen and oxygen atoms in total. The summed E-state index contributed by atoms with van der Waals surface area (Å²) in [6.07, 6.45) is 1.73. The molecule has 0 unspecified atom stereocenters. The summed E-state index contributed by atoms with van der Waals surface area (Å²) in [5, 5.41) is 16.1. The Hall–Kier alpha value is -3.12. The highest BCUT2D eigenvalue weighted by molar-refractivity contribution is 9.10. The number of nitrogens with one attached hydrogen (secondary N) is 1. The molecular weight excluding hydrogens is 418 g/mol. The van der Waals surface area contributed by atoms with E-state index < -0.39 is 0 Å². The van der Waals surface area contributed by atoms with Gasteiger partial charge in [0.2, 0.25) is 5.91 Å². The number of rotatable bonds is 5. The van der Waals surface area contributed by atoms with Crippen LogP contribution in [0.5, 0.6) is 5.75 Å². The van der Waals surface area contributed by atoms with E-state index in [4.69, 9.17) is 0 Å². The van der Waals surface area contributed by atoms with E-state index in [2.05, 4.69) is 55.3 Å². The van der Waals surface area contributed by atoms with E-state index in [0.29, 0.717) is 18.5 Å². The number of benzene rings is 3. The Morgan fingerprint density at radius 1 is 1.04 bits per heavy atom. The smallest absolute Gasteiger partial charge is 0.241 e. The van der Waals surface area contributed by atoms with Gasteiger partial charge in [0.15, 0.2) is 0 Å². The van der Waals surface area contributed by atoms with Crippen LogP contribution in [0.4, 0.5) is 0 Å². The van der Waals surface area contributed by atoms with E-state index in [-0.39, 0.29) is 11.7 Å². The summed E-state index contributed by atoms with van der Waals surface area (Å²) >= 11 is 3.34. The Balaban J connectivity index is 1.48. The van der Waals surface area contributed by atoms with Gasteiger partial charge < -0.3 is 9.67 Å². The zero-order chi connectivity index (χ0) is 19.5. The summed E-state index contributed by atoms with van der Waals surface area (Å²) < 4.78 is 2.98. The SMILES string of the molecule is O=C(CCn1c2ccccc2c2ccccc21)N/N=C/c1cc(Br)ccc1O. The number of nitrogens with zero attached hydrogens (tertiary/aromatic N) is 2. The second-order valence-corrected chi connectivity index (χ2v) is 7.35. The summed E-state index contributed by atoms with van der Waals surface area (Å²) in [6, 6.07) is 21.4. The van der Waals surface area contributed by atoms with Crippen molar-refractivity contribution in [2.75, 3.05) is 0 Å². The first kappa shape index (κ1) is 18.3. The van der Waals surface area contributed by atoms with Crippen LogP contribution in [0.3, 0.4) is 0 Å². The molecule has 1 aromatic heterocycles. The van der Waals surface area contributed by atoms with Crippen LogP contribution >= 0.6 is 15.9 Å². The van der Waals surface area contributed by atoms with Gasteiger partial charge in [-0.1, -0.05) is 52.3 Å². The summed E-state index contributed by atoms with van der Waals surface area (Å²) in [5.41, 5.74) is 5.27. The number of aromatic nitrogens is 1. The number of hydrazone groups is 1. The van der Waals surface area contributed by atoms with E-state index in [1.807, 2.05) is 24.3 Å². The average molecular weight is 436 g/mol. The summed E-state index contributed by atoms with van der Waals surface area (Å²) in [7, 11) is 0. The van der Waals surface area contributed by atoms with Gasteiger partial charge in [-0.25, -0.2) is 5.43 Å². The molecule has 0 radical (unpaired) electrons. The molecule has 0 aliphatic carbocycles. The number of phenolic OH excluding ortho intramolecular Hbond substituents is 1. The molecule has 0 saturated heterocycles. The molecule has 1 heterocycles. The van der Waals surface area contributed by atoms with Gasteiger partial charge in [0.1, 0.15) is 5.75 Å². The van der Waals surface area contributed by atoms with Gasteiger partial charge in [-0.05, 0) is 30.3 Å². The normalized spacial score (nSPS) is 11.5. The number of halogens is 1. The Labute approximate surface area is 170 Å². The highest BCUT2D eigenvalue weighted by atomic mass is 79.9. The lowest BCUT2D eigenvalue weighted by atomic mass is 10.2. The lowest BCUT2D eigenvalue weighted by molar-refractivity contribution is -0.121. The van der Waals surface area contributed by atoms with Crippen LogP contribution < -0.4 is 5.43 Å². The second kappa shape index (κ2) is 7.86. The Kier molecular flexibility index (Phi) is 5.12. The maximum atomic E-state index is 12.2. The molecule has 0 aliphatic rings. The molecule has 6 heteroatoms. The highest BCUT2D eigenvalue weighted by Crippen LogP contribution is 2.28. The number of aromatic hydroxyl groups is 1. The average Bonchev–Trinajstić information content (AvgIpc) is 3.03. The second-order valence-electron chi connectivity index (χ2n) is 6.43. The number of carbonyl (C=O) groups excluding carboxylic acids is 1. The Morgan fingerprint density at radius 3 is 2.36 bits per heavy atom. The molecule has 3 aromatic carbocycles. The molecule has 4 rings (SSSR count). The first-order valence-corrected chi connectivity index (χ1v) is 9.69. The minimum Gasteiger partial charge on any atom is -0.507 e. The van der Waals surface area contributed by atoms with Crippen LogP contribution in [-0.4, -0.2) is 21.8 Å². The van der Waals surface area contributed by atoms with Crippen LogP contribution in [0.15, 0.2) is 76.3 Å². The molecule has 28 heavy (non-hydrogen) atoms. The molecule has 1 amide bonds. The number of phenols is 1. The lowest BCUT2D eigenvalue weighted by Gasteiger charge is -2.07. The zero-order valence-electron chi connectivity index (χ0n) is 15.0. The van der Waals surface area contributed by atoms with E-state index >= 15 is 0 Å². The van der Waals surface area contributed by atoms with Crippen molar-refractivity contribution in [2.24, 2.45) is 5.10 Å². The number of fused-ring (bicyclic) bond motifs is 3. The maximum Gasteiger partial charge on any atom is 0.241 e. The molecule has 0 aliphatic heterocycles. The Morgan fingerprint density at radius 2 is 1.68 bits per heavy atom. The number of hydrogen-bond donors (Lipinski definition) is 2. The van der Waals surface area contributed by atoms with Gasteiger partial charge in [-0.3, -0.25) is 4.79 Å². The molecule has 4 aromatic rings. The molecule has 0 fully saturated rings. The molecule has 0 bridgehead atoms. The van der Waals surface area contributed by atoms with Crippen LogP contribution in [0.1, 0.15) is 12.0 Å². The first-order valence-electron chi connectivity index (χ1n) is 8.90. The lowest BCUT2D eigenvalue weighted by Crippen LogP contribution is -2.19. The van der Waals surface area contributed by atoms with Crippen molar-refractivity contribution in [3.8, 4) is 5.75 Å². The predicted octanol–water partition coefficient (Wildman–Crippen LogP) is 4.80. The van der Waals surface area contributed by atoms with E-state index in [9.17, 15) is 9.90 Å². The van der Waals surface area contributed by atoms with Gasteiger partial charge in [0.25, 0.3) is 0 Å². The van der Waals surface area contributed by atoms with Crippen molar-refractivity contribution >= 4 is 49.9 Å². The third-order valence-corrected chi connectivity index (χ3v) is 5.12. The van der Waals surface area contributed by atoms with E-state index in [1.54, 1.807) is 18.2 Å². The van der Waals surface area contributed by atoms with Gasteiger partial charge in [-0.15, -0.1) is 0 Å². The fourth-order valence-electron chi connectivity index (χ4n) is 3.32. The monoisotopic (exact) mass is 435 g/mol. The first-order chi connectivity index (χ1) is 13.6. The van der Waals surface area contributed by atoms with Crippen LogP contribution in [0.2, 0.25) is 0 Å². The van der Waals surface area contributed by atoms with Crippen LogP contribution in [0, 0.1) is 0 Å². The van der Waals surface area contributed by atoms with Crippen LogP contribution in [-0.2, 0) is 11.3 Å². The third-order valence-electron chi connectivity index (χ3n) is 4.62. The van der Waals surface area contributed by atoms with Crippen molar-refractivity contribution in [1.29, 1.82) is 0 Å².